The van der Waals surface area contributed by atoms with Gasteiger partial charge < -0.3 is 40.8 Å². The molecule has 2 aromatic carbocycles. The first-order valence-electron chi connectivity index (χ1n) is 12.9. The van der Waals surface area contributed by atoms with Gasteiger partial charge >= 0.3 is 0 Å². The summed E-state index contributed by atoms with van der Waals surface area (Å²) in [5, 5.41) is 50.0. The van der Waals surface area contributed by atoms with Gasteiger partial charge in [0, 0.05) is 18.6 Å². The number of hydrogen-bond acceptors (Lipinski definition) is 7. The predicted molar refractivity (Wildman–Crippen MR) is 144 cm³/mol. The van der Waals surface area contributed by atoms with Gasteiger partial charge in [-0.05, 0) is 58.6 Å². The fourth-order valence-corrected chi connectivity index (χ4v) is 4.32. The van der Waals surface area contributed by atoms with Gasteiger partial charge in [0.2, 0.25) is 0 Å². The Hall–Kier alpha value is -2.98. The Bertz CT molecular complexity index is 1000. The van der Waals surface area contributed by atoms with Crippen molar-refractivity contribution in [1.29, 1.82) is 0 Å². The Morgan fingerprint density at radius 3 is 1.76 bits per heavy atom. The number of nitrogens with one attached hydrogen (secondary N) is 2. The molecule has 210 valence electrons. The number of rotatable bonds is 13. The topological polar surface area (TPSA) is 145 Å². The summed E-state index contributed by atoms with van der Waals surface area (Å²) in [6, 6.07) is 17.1. The monoisotopic (exact) mass is 528 g/mol. The van der Waals surface area contributed by atoms with Crippen LogP contribution in [0.25, 0.3) is 0 Å². The lowest BCUT2D eigenvalue weighted by atomic mass is 9.94. The van der Waals surface area contributed by atoms with Gasteiger partial charge in [-0.1, -0.05) is 60.7 Å². The molecule has 0 fully saturated rings. The maximum atomic E-state index is 12.4. The third-order valence-electron chi connectivity index (χ3n) is 6.32. The summed E-state index contributed by atoms with van der Waals surface area (Å²) in [7, 11) is 0. The summed E-state index contributed by atoms with van der Waals surface area (Å²) >= 11 is 0. The normalized spacial score (nSPS) is 15.3. The highest BCUT2D eigenvalue weighted by atomic mass is 16.4. The first-order chi connectivity index (χ1) is 17.7. The van der Waals surface area contributed by atoms with Gasteiger partial charge in [-0.3, -0.25) is 4.79 Å². The van der Waals surface area contributed by atoms with Crippen molar-refractivity contribution in [3.63, 3.8) is 0 Å². The van der Waals surface area contributed by atoms with E-state index in [0.717, 1.165) is 16.0 Å². The van der Waals surface area contributed by atoms with Gasteiger partial charge in [0.15, 0.2) is 0 Å². The molecule has 9 heteroatoms. The van der Waals surface area contributed by atoms with Crippen LogP contribution in [0.4, 0.5) is 4.79 Å². The molecule has 2 aromatic rings. The Labute approximate surface area is 225 Å². The summed E-state index contributed by atoms with van der Waals surface area (Å²) in [6.45, 7) is 7.96. The zero-order valence-electron chi connectivity index (χ0n) is 22.9. The summed E-state index contributed by atoms with van der Waals surface area (Å²) in [6.07, 6.45) is -2.95. The molecule has 0 aliphatic heterocycles. The first kappa shape index (κ1) is 31.2. The van der Waals surface area contributed by atoms with E-state index in [-0.39, 0.29) is 19.5 Å². The second-order valence-electron chi connectivity index (χ2n) is 11.2. The number of nitrogens with zero attached hydrogens (tertiary/aromatic N) is 1. The molecule has 0 saturated heterocycles. The van der Waals surface area contributed by atoms with Crippen molar-refractivity contribution in [2.24, 2.45) is 0 Å². The lowest BCUT2D eigenvalue weighted by Crippen LogP contribution is -2.62. The number of amides is 2. The minimum Gasteiger partial charge on any atom is -0.530 e. The minimum absolute atomic E-state index is 0.00802. The quantitative estimate of drug-likeness (QED) is 0.259. The summed E-state index contributed by atoms with van der Waals surface area (Å²) < 4.78 is 0. The van der Waals surface area contributed by atoms with Crippen molar-refractivity contribution in [2.75, 3.05) is 13.1 Å². The molecule has 0 aliphatic carbocycles. The van der Waals surface area contributed by atoms with E-state index < -0.39 is 47.4 Å². The van der Waals surface area contributed by atoms with E-state index in [0.29, 0.717) is 6.42 Å². The van der Waals surface area contributed by atoms with Crippen LogP contribution in [0, 0.1) is 0 Å². The molecule has 0 radical (unpaired) electrons. The highest BCUT2D eigenvalue weighted by Gasteiger charge is 2.34. The third-order valence-corrected chi connectivity index (χ3v) is 6.32. The largest absolute Gasteiger partial charge is 0.530 e. The molecule has 0 bridgehead atoms. The average Bonchev–Trinajstić information content (AvgIpc) is 2.82. The fourth-order valence-electron chi connectivity index (χ4n) is 4.32. The molecule has 0 aromatic heterocycles. The van der Waals surface area contributed by atoms with Crippen molar-refractivity contribution >= 4 is 12.0 Å². The lowest BCUT2D eigenvalue weighted by Gasteiger charge is -2.45. The maximum Gasteiger partial charge on any atom is 0.251 e. The molecule has 0 spiro atoms. The summed E-state index contributed by atoms with van der Waals surface area (Å²) in [4.78, 5) is 25.7. The zero-order valence-corrected chi connectivity index (χ0v) is 22.9. The molecule has 0 unspecified atom stereocenters. The molecule has 0 aliphatic rings. The molecule has 0 saturated carbocycles. The lowest BCUT2D eigenvalue weighted by molar-refractivity contribution is -0.275. The maximum absolute atomic E-state index is 12.4. The van der Waals surface area contributed by atoms with E-state index in [1.807, 2.05) is 60.7 Å². The number of hydrogen-bond donors (Lipinski definition) is 5. The predicted octanol–water partition coefficient (Wildman–Crippen LogP) is 0.851. The van der Waals surface area contributed by atoms with Crippen molar-refractivity contribution in [1.82, 2.24) is 15.5 Å². The number of carbonyl (C=O) groups excluding carboxylic acids is 2. The second-order valence-corrected chi connectivity index (χ2v) is 11.2. The smallest absolute Gasteiger partial charge is 0.251 e. The highest BCUT2D eigenvalue weighted by Crippen LogP contribution is 2.22. The van der Waals surface area contributed by atoms with Crippen LogP contribution in [0.2, 0.25) is 0 Å². The molecule has 0 heterocycles. The second kappa shape index (κ2) is 13.7. The molecule has 38 heavy (non-hydrogen) atoms. The van der Waals surface area contributed by atoms with E-state index in [1.165, 1.54) is 13.8 Å². The van der Waals surface area contributed by atoms with Gasteiger partial charge in [0.05, 0.1) is 24.3 Å². The standard InChI is InChI=1S/C29H43N3O6/c1-28(2,3)32(27(36)37)23(17-21-14-10-7-11-15-21)25(34)19-30-18-24(33)22(31-26(35)29(4,5)38)16-20-12-8-6-9-13-20/h6-15,22-25,30,33-34,38H,16-19H2,1-5H3,(H,31,35)(H,36,37)/p-1/t22-,23-,24+,25+/m0/s1. The Morgan fingerprint density at radius 2 is 1.32 bits per heavy atom. The Kier molecular flexibility index (Phi) is 11.3. The zero-order chi connectivity index (χ0) is 28.5. The Morgan fingerprint density at radius 1 is 0.842 bits per heavy atom. The van der Waals surface area contributed by atoms with Crippen LogP contribution < -0.4 is 15.7 Å². The number of benzene rings is 2. The van der Waals surface area contributed by atoms with Crippen LogP contribution in [0.1, 0.15) is 45.7 Å². The van der Waals surface area contributed by atoms with Crippen molar-refractivity contribution < 1.29 is 30.0 Å². The molecule has 4 atom stereocenters. The highest BCUT2D eigenvalue weighted by molar-refractivity contribution is 5.84. The Balaban J connectivity index is 2.13. The van der Waals surface area contributed by atoms with Crippen LogP contribution in [-0.4, -0.2) is 80.7 Å². The number of aliphatic hydroxyl groups excluding tert-OH is 2. The average molecular weight is 529 g/mol. The van der Waals surface area contributed by atoms with E-state index in [1.54, 1.807) is 20.8 Å². The number of carboxylic acid groups (broad SMARTS) is 1. The van der Waals surface area contributed by atoms with Gasteiger partial charge in [-0.25, -0.2) is 0 Å². The van der Waals surface area contributed by atoms with Crippen molar-refractivity contribution in [3.05, 3.63) is 71.8 Å². The number of aliphatic hydroxyl groups is 3. The van der Waals surface area contributed by atoms with E-state index in [9.17, 15) is 30.0 Å². The van der Waals surface area contributed by atoms with E-state index in [4.69, 9.17) is 0 Å². The van der Waals surface area contributed by atoms with Crippen LogP contribution in [0.5, 0.6) is 0 Å². The van der Waals surface area contributed by atoms with Gasteiger partial charge in [-0.2, -0.15) is 0 Å². The molecular weight excluding hydrogens is 486 g/mol. The minimum atomic E-state index is -1.62. The SMILES string of the molecule is CC(C)(O)C(=O)N[C@@H](Cc1ccccc1)[C@H](O)CNC[C@@H](O)[C@H](Cc1ccccc1)N(C(=O)[O-])C(C)(C)C. The van der Waals surface area contributed by atoms with Crippen LogP contribution >= 0.6 is 0 Å². The number of carbonyl (C=O) groups is 2. The van der Waals surface area contributed by atoms with Crippen molar-refractivity contribution in [2.45, 2.75) is 82.9 Å². The molecule has 2 rings (SSSR count). The summed E-state index contributed by atoms with van der Waals surface area (Å²) in [5.41, 5.74) is -0.680. The third kappa shape index (κ3) is 9.72. The summed E-state index contributed by atoms with van der Waals surface area (Å²) in [5.74, 6) is -0.616. The van der Waals surface area contributed by atoms with E-state index >= 15 is 0 Å². The van der Waals surface area contributed by atoms with Gasteiger partial charge in [0.1, 0.15) is 11.7 Å². The first-order valence-corrected chi connectivity index (χ1v) is 12.9. The van der Waals surface area contributed by atoms with Gasteiger partial charge in [0.25, 0.3) is 5.91 Å². The van der Waals surface area contributed by atoms with Crippen LogP contribution in [0.3, 0.4) is 0 Å². The van der Waals surface area contributed by atoms with E-state index in [2.05, 4.69) is 10.6 Å². The molecule has 5 N–H and O–H groups in total. The van der Waals surface area contributed by atoms with Crippen molar-refractivity contribution in [3.8, 4) is 0 Å². The van der Waals surface area contributed by atoms with Gasteiger partial charge in [-0.15, -0.1) is 0 Å². The molecule has 9 nitrogen and oxygen atoms in total. The molecular formula is C29H42N3O6-. The van der Waals surface area contributed by atoms with Crippen LogP contribution in [-0.2, 0) is 17.6 Å². The molecule has 2 amide bonds. The van der Waals surface area contributed by atoms with Crippen LogP contribution in [0.15, 0.2) is 60.7 Å². The fraction of sp³-hybridized carbons (Fsp3) is 0.517.